The fourth-order valence-corrected chi connectivity index (χ4v) is 2.23. The highest BCUT2D eigenvalue weighted by Crippen LogP contribution is 2.41. The molecule has 1 atom stereocenters. The van der Waals surface area contributed by atoms with E-state index in [1.807, 2.05) is 0 Å². The molecule has 0 aromatic heterocycles. The van der Waals surface area contributed by atoms with Crippen LogP contribution in [-0.2, 0) is 0 Å². The van der Waals surface area contributed by atoms with E-state index in [2.05, 4.69) is 5.10 Å². The molecule has 0 unspecified atom stereocenters. The summed E-state index contributed by atoms with van der Waals surface area (Å²) in [5, 5.41) is 13.8. The lowest BCUT2D eigenvalue weighted by Gasteiger charge is -2.32. The van der Waals surface area contributed by atoms with Crippen LogP contribution < -0.4 is 5.73 Å². The second kappa shape index (κ2) is 5.60. The van der Waals surface area contributed by atoms with Gasteiger partial charge in [-0.25, -0.2) is 0 Å². The van der Waals surface area contributed by atoms with Crippen molar-refractivity contribution in [3.05, 3.63) is 29.8 Å². The van der Waals surface area contributed by atoms with Crippen LogP contribution in [0, 0.1) is 0 Å². The number of nitrogens with two attached hydrogens (primary N) is 1. The zero-order valence-electron chi connectivity index (χ0n) is 11.9. The van der Waals surface area contributed by atoms with E-state index in [0.29, 0.717) is 12.1 Å². The number of aliphatic hydroxyl groups is 1. The number of carbonyl (C=O) groups excluding carboxylic acids is 1. The van der Waals surface area contributed by atoms with Gasteiger partial charge in [-0.1, -0.05) is 13.3 Å². The predicted octanol–water partition coefficient (Wildman–Crippen LogP) is 2.52. The van der Waals surface area contributed by atoms with Gasteiger partial charge in [0, 0.05) is 23.4 Å². The SMILES string of the molecule is CCCC1=NN(C(=O)c2ccc(N)cc2)[C@@](O)(C(F)(F)F)C1. The molecular formula is C14H16F3N3O2. The molecule has 0 spiro atoms. The van der Waals surface area contributed by atoms with E-state index in [4.69, 9.17) is 5.73 Å². The van der Waals surface area contributed by atoms with Crippen LogP contribution in [0.3, 0.4) is 0 Å². The molecule has 1 aromatic rings. The number of benzene rings is 1. The zero-order valence-corrected chi connectivity index (χ0v) is 11.9. The Morgan fingerprint density at radius 3 is 2.50 bits per heavy atom. The Morgan fingerprint density at radius 2 is 2.00 bits per heavy atom. The summed E-state index contributed by atoms with van der Waals surface area (Å²) in [6.45, 7) is 1.78. The van der Waals surface area contributed by atoms with Crippen molar-refractivity contribution >= 4 is 17.3 Å². The average molecular weight is 315 g/mol. The fraction of sp³-hybridized carbons (Fsp3) is 0.429. The summed E-state index contributed by atoms with van der Waals surface area (Å²) in [7, 11) is 0. The minimum absolute atomic E-state index is 0.0293. The summed E-state index contributed by atoms with van der Waals surface area (Å²) >= 11 is 0. The highest BCUT2D eigenvalue weighted by Gasteiger charge is 2.63. The highest BCUT2D eigenvalue weighted by molar-refractivity contribution is 5.98. The van der Waals surface area contributed by atoms with Crippen LogP contribution in [0.4, 0.5) is 18.9 Å². The van der Waals surface area contributed by atoms with Gasteiger partial charge in [0.2, 0.25) is 0 Å². The van der Waals surface area contributed by atoms with E-state index >= 15 is 0 Å². The molecule has 1 aliphatic heterocycles. The van der Waals surface area contributed by atoms with Crippen LogP contribution in [0.2, 0.25) is 0 Å². The van der Waals surface area contributed by atoms with Gasteiger partial charge in [-0.15, -0.1) is 0 Å². The molecule has 0 fully saturated rings. The van der Waals surface area contributed by atoms with Crippen LogP contribution >= 0.6 is 0 Å². The normalized spacial score (nSPS) is 21.9. The number of amides is 1. The van der Waals surface area contributed by atoms with Gasteiger partial charge in [0.05, 0.1) is 0 Å². The molecule has 3 N–H and O–H groups in total. The molecule has 120 valence electrons. The van der Waals surface area contributed by atoms with E-state index < -0.39 is 24.2 Å². The second-order valence-electron chi connectivity index (χ2n) is 5.15. The van der Waals surface area contributed by atoms with Gasteiger partial charge in [0.15, 0.2) is 0 Å². The first kappa shape index (κ1) is 16.3. The average Bonchev–Trinajstić information content (AvgIpc) is 2.77. The molecule has 22 heavy (non-hydrogen) atoms. The first-order chi connectivity index (χ1) is 10.2. The van der Waals surface area contributed by atoms with Crippen molar-refractivity contribution in [1.29, 1.82) is 0 Å². The lowest BCUT2D eigenvalue weighted by molar-refractivity contribution is -0.297. The maximum Gasteiger partial charge on any atom is 0.438 e. The predicted molar refractivity (Wildman–Crippen MR) is 75.0 cm³/mol. The molecule has 1 amide bonds. The van der Waals surface area contributed by atoms with Crippen LogP contribution in [0.5, 0.6) is 0 Å². The zero-order chi connectivity index (χ0) is 16.5. The highest BCUT2D eigenvalue weighted by atomic mass is 19.4. The number of alkyl halides is 3. The summed E-state index contributed by atoms with van der Waals surface area (Å²) in [5.74, 6) is -1.02. The van der Waals surface area contributed by atoms with E-state index in [1.165, 1.54) is 24.3 Å². The lowest BCUT2D eigenvalue weighted by atomic mass is 10.0. The standard InChI is InChI=1S/C14H16F3N3O2/c1-2-3-11-8-13(22,14(15,16)17)20(19-11)12(21)9-4-6-10(18)7-5-9/h4-7,22H,2-3,8,18H2,1H3/t13-/m0/s1. The summed E-state index contributed by atoms with van der Waals surface area (Å²) in [4.78, 5) is 12.3. The Morgan fingerprint density at radius 1 is 1.41 bits per heavy atom. The Bertz CT molecular complexity index is 598. The van der Waals surface area contributed by atoms with Gasteiger partial charge in [-0.2, -0.15) is 23.3 Å². The third kappa shape index (κ3) is 2.78. The largest absolute Gasteiger partial charge is 0.438 e. The molecular weight excluding hydrogens is 299 g/mol. The monoisotopic (exact) mass is 315 g/mol. The maximum atomic E-state index is 13.2. The number of hydrogen-bond acceptors (Lipinski definition) is 4. The van der Waals surface area contributed by atoms with Crippen molar-refractivity contribution in [2.24, 2.45) is 5.10 Å². The Kier molecular flexibility index (Phi) is 4.15. The number of anilines is 1. The summed E-state index contributed by atoms with van der Waals surface area (Å²) in [5.41, 5.74) is 2.66. The quantitative estimate of drug-likeness (QED) is 0.841. The first-order valence-corrected chi connectivity index (χ1v) is 6.74. The number of nitrogens with zero attached hydrogens (tertiary/aromatic N) is 2. The number of hydrogen-bond donors (Lipinski definition) is 2. The molecule has 0 aliphatic carbocycles. The Labute approximate surface area is 125 Å². The van der Waals surface area contributed by atoms with Crippen molar-refractivity contribution in [3.8, 4) is 0 Å². The van der Waals surface area contributed by atoms with Crippen LogP contribution in [0.25, 0.3) is 0 Å². The van der Waals surface area contributed by atoms with Gasteiger partial charge < -0.3 is 10.8 Å². The number of carbonyl (C=O) groups is 1. The van der Waals surface area contributed by atoms with Crippen LogP contribution in [-0.4, -0.2) is 33.6 Å². The summed E-state index contributed by atoms with van der Waals surface area (Å²) in [6, 6.07) is 5.38. The first-order valence-electron chi connectivity index (χ1n) is 6.74. The lowest BCUT2D eigenvalue weighted by Crippen LogP contribution is -2.56. The third-order valence-corrected chi connectivity index (χ3v) is 3.38. The number of rotatable bonds is 3. The van der Waals surface area contributed by atoms with E-state index in [0.717, 1.165) is 0 Å². The molecule has 1 aliphatic rings. The summed E-state index contributed by atoms with van der Waals surface area (Å²) in [6.07, 6.45) is -4.89. The molecule has 1 aromatic carbocycles. The molecule has 2 rings (SSSR count). The second-order valence-corrected chi connectivity index (χ2v) is 5.15. The minimum atomic E-state index is -5.00. The molecule has 5 nitrogen and oxygen atoms in total. The van der Waals surface area contributed by atoms with Gasteiger partial charge in [-0.3, -0.25) is 4.79 Å². The van der Waals surface area contributed by atoms with Crippen LogP contribution in [0.1, 0.15) is 36.5 Å². The fourth-order valence-electron chi connectivity index (χ4n) is 2.23. The number of halogens is 3. The molecule has 0 bridgehead atoms. The number of nitrogen functional groups attached to an aromatic ring is 1. The van der Waals surface area contributed by atoms with Crippen LogP contribution in [0.15, 0.2) is 29.4 Å². The van der Waals surface area contributed by atoms with Gasteiger partial charge >= 0.3 is 6.18 Å². The Balaban J connectivity index is 2.39. The molecule has 8 heteroatoms. The molecule has 0 radical (unpaired) electrons. The van der Waals surface area contributed by atoms with Crippen molar-refractivity contribution in [2.45, 2.75) is 38.1 Å². The van der Waals surface area contributed by atoms with Gasteiger partial charge in [-0.05, 0) is 30.7 Å². The van der Waals surface area contributed by atoms with E-state index in [1.54, 1.807) is 6.92 Å². The Hall–Kier alpha value is -2.09. The maximum absolute atomic E-state index is 13.2. The van der Waals surface area contributed by atoms with Crippen molar-refractivity contribution in [3.63, 3.8) is 0 Å². The molecule has 1 heterocycles. The smallest absolute Gasteiger partial charge is 0.399 e. The van der Waals surface area contributed by atoms with E-state index in [9.17, 15) is 23.1 Å². The number of hydrazone groups is 1. The minimum Gasteiger partial charge on any atom is -0.399 e. The molecule has 0 saturated heterocycles. The van der Waals surface area contributed by atoms with Crippen molar-refractivity contribution in [2.75, 3.05) is 5.73 Å². The van der Waals surface area contributed by atoms with Crippen molar-refractivity contribution in [1.82, 2.24) is 5.01 Å². The molecule has 0 saturated carbocycles. The topological polar surface area (TPSA) is 78.9 Å². The van der Waals surface area contributed by atoms with Gasteiger partial charge in [0.25, 0.3) is 11.6 Å². The summed E-state index contributed by atoms with van der Waals surface area (Å²) < 4.78 is 39.6. The third-order valence-electron chi connectivity index (χ3n) is 3.38. The van der Waals surface area contributed by atoms with E-state index in [-0.39, 0.29) is 22.7 Å². The van der Waals surface area contributed by atoms with Crippen molar-refractivity contribution < 1.29 is 23.1 Å². The van der Waals surface area contributed by atoms with Gasteiger partial charge in [0.1, 0.15) is 0 Å².